The van der Waals surface area contributed by atoms with Crippen LogP contribution in [0.3, 0.4) is 0 Å². The Hall–Kier alpha value is -2.49. The summed E-state index contributed by atoms with van der Waals surface area (Å²) in [7, 11) is -1.00. The molecule has 0 heterocycles. The maximum Gasteiger partial charge on any atom is 0.296 e. The van der Waals surface area contributed by atoms with Crippen LogP contribution in [0.25, 0.3) is 0 Å². The SMILES string of the molecule is COC1=C(OC)C(=O)C(CCCCCCCCCCOCc2cccc(S(=O)(=O)OCC(C)C)c2)=C(C)C1=O. The lowest BCUT2D eigenvalue weighted by atomic mass is 9.89. The van der Waals surface area contributed by atoms with Crippen LogP contribution in [0.2, 0.25) is 0 Å². The highest BCUT2D eigenvalue weighted by atomic mass is 32.2. The summed E-state index contributed by atoms with van der Waals surface area (Å²) >= 11 is 0. The minimum atomic E-state index is -3.75. The van der Waals surface area contributed by atoms with Crippen molar-refractivity contribution in [3.8, 4) is 0 Å². The molecule has 9 heteroatoms. The molecule has 2 rings (SSSR count). The lowest BCUT2D eigenvalue weighted by Crippen LogP contribution is -2.25. The Balaban J connectivity index is 1.56. The van der Waals surface area contributed by atoms with Crippen LogP contribution in [-0.4, -0.2) is 47.4 Å². The monoisotopic (exact) mass is 564 g/mol. The molecule has 1 aliphatic rings. The fourth-order valence-corrected chi connectivity index (χ4v) is 5.46. The molecule has 0 atom stereocenters. The van der Waals surface area contributed by atoms with Crippen molar-refractivity contribution in [1.82, 2.24) is 0 Å². The molecule has 0 N–H and O–H groups in total. The molecule has 1 aromatic carbocycles. The summed E-state index contributed by atoms with van der Waals surface area (Å²) in [5.41, 5.74) is 1.79. The molecule has 39 heavy (non-hydrogen) atoms. The van der Waals surface area contributed by atoms with E-state index in [1.165, 1.54) is 14.2 Å². The van der Waals surface area contributed by atoms with E-state index >= 15 is 0 Å². The van der Waals surface area contributed by atoms with Gasteiger partial charge >= 0.3 is 0 Å². The number of ketones is 2. The molecule has 0 spiro atoms. The summed E-state index contributed by atoms with van der Waals surface area (Å²) < 4.78 is 45.6. The van der Waals surface area contributed by atoms with Crippen molar-refractivity contribution in [3.63, 3.8) is 0 Å². The maximum atomic E-state index is 12.7. The first-order chi connectivity index (χ1) is 18.6. The number of hydrogen-bond acceptors (Lipinski definition) is 8. The number of carbonyl (C=O) groups excluding carboxylic acids is 2. The number of hydrogen-bond donors (Lipinski definition) is 0. The molecular formula is C30H44O8S. The number of Topliss-reactive ketones (excluding diaryl/α,β-unsaturated/α-hetero) is 2. The second-order valence-electron chi connectivity index (χ2n) is 10.2. The first kappa shape index (κ1) is 32.7. The van der Waals surface area contributed by atoms with E-state index in [-0.39, 0.29) is 40.5 Å². The summed E-state index contributed by atoms with van der Waals surface area (Å²) in [4.78, 5) is 25.3. The van der Waals surface area contributed by atoms with E-state index in [0.717, 1.165) is 56.9 Å². The van der Waals surface area contributed by atoms with Crippen molar-refractivity contribution in [2.45, 2.75) is 90.1 Å². The van der Waals surface area contributed by atoms with Crippen LogP contribution < -0.4 is 0 Å². The smallest absolute Gasteiger partial charge is 0.296 e. The van der Waals surface area contributed by atoms with E-state index in [1.54, 1.807) is 25.1 Å². The number of methoxy groups -OCH3 is 2. The summed E-state index contributed by atoms with van der Waals surface area (Å²) in [6.07, 6.45) is 8.94. The van der Waals surface area contributed by atoms with Crippen LogP contribution in [0.1, 0.15) is 84.1 Å². The fourth-order valence-electron chi connectivity index (χ4n) is 4.33. The molecular weight excluding hydrogens is 520 g/mol. The molecule has 0 bridgehead atoms. The molecule has 0 aliphatic heterocycles. The van der Waals surface area contributed by atoms with Gasteiger partial charge in [0.1, 0.15) is 0 Å². The van der Waals surface area contributed by atoms with Gasteiger partial charge in [-0.05, 0) is 49.8 Å². The van der Waals surface area contributed by atoms with E-state index in [0.29, 0.717) is 30.8 Å². The Morgan fingerprint density at radius 1 is 0.821 bits per heavy atom. The third-order valence-corrected chi connectivity index (χ3v) is 7.85. The molecule has 1 aliphatic carbocycles. The normalized spacial score (nSPS) is 14.5. The predicted molar refractivity (Wildman–Crippen MR) is 149 cm³/mol. The van der Waals surface area contributed by atoms with Crippen molar-refractivity contribution in [3.05, 3.63) is 52.5 Å². The van der Waals surface area contributed by atoms with Gasteiger partial charge in [-0.3, -0.25) is 13.8 Å². The zero-order chi connectivity index (χ0) is 28.8. The van der Waals surface area contributed by atoms with Gasteiger partial charge < -0.3 is 14.2 Å². The average Bonchev–Trinajstić information content (AvgIpc) is 2.91. The minimum absolute atomic E-state index is 0.000226. The first-order valence-electron chi connectivity index (χ1n) is 13.8. The zero-order valence-corrected chi connectivity index (χ0v) is 24.9. The van der Waals surface area contributed by atoms with Gasteiger partial charge in [-0.2, -0.15) is 8.42 Å². The molecule has 0 saturated heterocycles. The standard InChI is InChI=1S/C30H44O8S/c1-22(2)20-38-39(33,34)25-16-14-15-24(19-25)21-37-18-13-11-9-7-6-8-10-12-17-26-23(3)27(31)29(35-4)30(36-5)28(26)32/h14-16,19,22H,6-13,17-18,20-21H2,1-5H3. The highest BCUT2D eigenvalue weighted by molar-refractivity contribution is 7.86. The highest BCUT2D eigenvalue weighted by Gasteiger charge is 2.34. The molecule has 0 aromatic heterocycles. The third kappa shape index (κ3) is 10.2. The maximum absolute atomic E-state index is 12.7. The molecule has 8 nitrogen and oxygen atoms in total. The van der Waals surface area contributed by atoms with Crippen molar-refractivity contribution in [2.75, 3.05) is 27.4 Å². The van der Waals surface area contributed by atoms with E-state index in [2.05, 4.69) is 0 Å². The molecule has 0 radical (unpaired) electrons. The van der Waals surface area contributed by atoms with Crippen LogP contribution in [0, 0.1) is 5.92 Å². The Kier molecular flexibility index (Phi) is 13.9. The minimum Gasteiger partial charge on any atom is -0.489 e. The number of benzene rings is 1. The molecule has 1 aromatic rings. The Labute approximate surface area is 233 Å². The largest absolute Gasteiger partial charge is 0.489 e. The predicted octanol–water partition coefficient (Wildman–Crippen LogP) is 6.05. The van der Waals surface area contributed by atoms with Crippen LogP contribution in [0.4, 0.5) is 0 Å². The van der Waals surface area contributed by atoms with Gasteiger partial charge in [0.2, 0.25) is 23.1 Å². The molecule has 0 unspecified atom stereocenters. The first-order valence-corrected chi connectivity index (χ1v) is 15.2. The van der Waals surface area contributed by atoms with Crippen molar-refractivity contribution in [2.24, 2.45) is 5.92 Å². The summed E-state index contributed by atoms with van der Waals surface area (Å²) in [6, 6.07) is 6.71. The highest BCUT2D eigenvalue weighted by Crippen LogP contribution is 2.29. The van der Waals surface area contributed by atoms with Crippen LogP contribution in [0.15, 0.2) is 51.8 Å². The van der Waals surface area contributed by atoms with E-state index < -0.39 is 10.1 Å². The van der Waals surface area contributed by atoms with Gasteiger partial charge in [0.05, 0.1) is 32.3 Å². The van der Waals surface area contributed by atoms with Crippen molar-refractivity contribution < 1.29 is 36.4 Å². The quantitative estimate of drug-likeness (QED) is 0.114. The van der Waals surface area contributed by atoms with Gasteiger partial charge in [0.25, 0.3) is 10.1 Å². The van der Waals surface area contributed by atoms with Gasteiger partial charge in [-0.25, -0.2) is 0 Å². The van der Waals surface area contributed by atoms with Crippen LogP contribution in [0.5, 0.6) is 0 Å². The summed E-state index contributed by atoms with van der Waals surface area (Å²) in [5, 5.41) is 0. The second-order valence-corrected chi connectivity index (χ2v) is 11.9. The fraction of sp³-hybridized carbons (Fsp3) is 0.600. The Morgan fingerprint density at radius 3 is 2.03 bits per heavy atom. The molecule has 0 saturated carbocycles. The van der Waals surface area contributed by atoms with Crippen molar-refractivity contribution >= 4 is 21.7 Å². The average molecular weight is 565 g/mol. The van der Waals surface area contributed by atoms with Crippen LogP contribution >= 0.6 is 0 Å². The van der Waals surface area contributed by atoms with Gasteiger partial charge in [-0.15, -0.1) is 0 Å². The summed E-state index contributed by atoms with van der Waals surface area (Å²) in [6.45, 7) is 6.64. The molecule has 0 fully saturated rings. The van der Waals surface area contributed by atoms with Crippen molar-refractivity contribution in [1.29, 1.82) is 0 Å². The number of allylic oxidation sites excluding steroid dienone is 2. The molecule has 0 amide bonds. The lowest BCUT2D eigenvalue weighted by molar-refractivity contribution is -0.121. The number of ether oxygens (including phenoxy) is 3. The third-order valence-electron chi connectivity index (χ3n) is 6.57. The van der Waals surface area contributed by atoms with Gasteiger partial charge in [0, 0.05) is 17.8 Å². The van der Waals surface area contributed by atoms with Gasteiger partial charge in [0.15, 0.2) is 0 Å². The molecule has 218 valence electrons. The summed E-state index contributed by atoms with van der Waals surface area (Å²) in [5.74, 6) is -0.405. The van der Waals surface area contributed by atoms with E-state index in [4.69, 9.17) is 18.4 Å². The lowest BCUT2D eigenvalue weighted by Gasteiger charge is -2.20. The zero-order valence-electron chi connectivity index (χ0n) is 24.0. The Morgan fingerprint density at radius 2 is 1.41 bits per heavy atom. The second kappa shape index (κ2) is 16.6. The van der Waals surface area contributed by atoms with Gasteiger partial charge in [-0.1, -0.05) is 64.5 Å². The van der Waals surface area contributed by atoms with Crippen LogP contribution in [-0.2, 0) is 44.7 Å². The van der Waals surface area contributed by atoms with E-state index in [1.807, 2.05) is 19.9 Å². The number of unbranched alkanes of at least 4 members (excludes halogenated alkanes) is 7. The Bertz CT molecular complexity index is 1130. The number of rotatable bonds is 19. The number of carbonyl (C=O) groups is 2. The topological polar surface area (TPSA) is 105 Å². The van der Waals surface area contributed by atoms with E-state index in [9.17, 15) is 18.0 Å².